The summed E-state index contributed by atoms with van der Waals surface area (Å²) in [5, 5.41) is 9.87. The SMILES string of the molecule is CC1CC(C)C(CC(C)(C)O)C(C)C1. The highest BCUT2D eigenvalue weighted by molar-refractivity contribution is 4.84. The largest absolute Gasteiger partial charge is 0.390 e. The molecule has 1 aliphatic carbocycles. The molecule has 0 amide bonds. The lowest BCUT2D eigenvalue weighted by Gasteiger charge is -2.40. The summed E-state index contributed by atoms with van der Waals surface area (Å²) in [5.74, 6) is 3.14. The zero-order chi connectivity index (χ0) is 10.9. The fraction of sp³-hybridized carbons (Fsp3) is 1.00. The second-order valence-corrected chi connectivity index (χ2v) is 6.21. The predicted molar refractivity (Wildman–Crippen MR) is 61.1 cm³/mol. The molecule has 0 saturated heterocycles. The smallest absolute Gasteiger partial charge is 0.0594 e. The van der Waals surface area contributed by atoms with Gasteiger partial charge < -0.3 is 5.11 Å². The number of hydrogen-bond donors (Lipinski definition) is 1. The first-order valence-corrected chi connectivity index (χ1v) is 6.02. The first-order valence-electron chi connectivity index (χ1n) is 6.02. The van der Waals surface area contributed by atoms with Gasteiger partial charge in [0.15, 0.2) is 0 Å². The van der Waals surface area contributed by atoms with Gasteiger partial charge >= 0.3 is 0 Å². The van der Waals surface area contributed by atoms with Gasteiger partial charge in [-0.2, -0.15) is 0 Å². The van der Waals surface area contributed by atoms with Crippen LogP contribution in [0.2, 0.25) is 0 Å². The molecular weight excluding hydrogens is 172 g/mol. The second-order valence-electron chi connectivity index (χ2n) is 6.21. The van der Waals surface area contributed by atoms with Crippen LogP contribution in [0, 0.1) is 23.7 Å². The van der Waals surface area contributed by atoms with Crippen LogP contribution in [0.4, 0.5) is 0 Å². The molecule has 1 nitrogen and oxygen atoms in total. The maximum absolute atomic E-state index is 9.87. The van der Waals surface area contributed by atoms with Crippen molar-refractivity contribution in [1.82, 2.24) is 0 Å². The van der Waals surface area contributed by atoms with Gasteiger partial charge in [0.1, 0.15) is 0 Å². The molecule has 0 aromatic rings. The van der Waals surface area contributed by atoms with E-state index in [-0.39, 0.29) is 0 Å². The minimum absolute atomic E-state index is 0.492. The van der Waals surface area contributed by atoms with E-state index < -0.39 is 5.60 Å². The molecular formula is C13H26O. The summed E-state index contributed by atoms with van der Waals surface area (Å²) in [6, 6.07) is 0. The van der Waals surface area contributed by atoms with E-state index in [1.54, 1.807) is 0 Å². The minimum atomic E-state index is -0.492. The Hall–Kier alpha value is -0.0400. The molecule has 0 spiro atoms. The van der Waals surface area contributed by atoms with Crippen LogP contribution in [0.25, 0.3) is 0 Å². The molecule has 0 aromatic carbocycles. The van der Waals surface area contributed by atoms with Crippen molar-refractivity contribution in [3.63, 3.8) is 0 Å². The molecule has 1 heteroatoms. The summed E-state index contributed by atoms with van der Waals surface area (Å²) in [4.78, 5) is 0. The monoisotopic (exact) mass is 198 g/mol. The Bertz CT molecular complexity index is 168. The summed E-state index contributed by atoms with van der Waals surface area (Å²) in [6.07, 6.45) is 3.64. The number of hydrogen-bond acceptors (Lipinski definition) is 1. The molecule has 1 aliphatic rings. The van der Waals surface area contributed by atoms with Gasteiger partial charge in [-0.25, -0.2) is 0 Å². The van der Waals surface area contributed by atoms with Crippen molar-refractivity contribution in [3.05, 3.63) is 0 Å². The molecule has 2 unspecified atom stereocenters. The maximum atomic E-state index is 9.87. The Balaban J connectivity index is 2.58. The van der Waals surface area contributed by atoms with Crippen LogP contribution in [0.3, 0.4) is 0 Å². The molecule has 1 N–H and O–H groups in total. The minimum Gasteiger partial charge on any atom is -0.390 e. The second kappa shape index (κ2) is 4.22. The highest BCUT2D eigenvalue weighted by atomic mass is 16.3. The van der Waals surface area contributed by atoms with E-state index in [0.29, 0.717) is 5.92 Å². The molecule has 2 atom stereocenters. The van der Waals surface area contributed by atoms with Crippen LogP contribution in [-0.2, 0) is 0 Å². The first kappa shape index (κ1) is 12.0. The summed E-state index contributed by atoms with van der Waals surface area (Å²) in [7, 11) is 0. The van der Waals surface area contributed by atoms with Gasteiger partial charge in [-0.15, -0.1) is 0 Å². The van der Waals surface area contributed by atoms with E-state index in [2.05, 4.69) is 20.8 Å². The standard InChI is InChI=1S/C13H26O/c1-9-6-10(2)12(11(3)7-9)8-13(4,5)14/h9-12,14H,6-8H2,1-5H3. The summed E-state index contributed by atoms with van der Waals surface area (Å²) >= 11 is 0. The first-order chi connectivity index (χ1) is 6.29. The Kier molecular flexibility index (Phi) is 3.63. The number of rotatable bonds is 2. The highest BCUT2D eigenvalue weighted by Crippen LogP contribution is 2.41. The van der Waals surface area contributed by atoms with Crippen LogP contribution in [-0.4, -0.2) is 10.7 Å². The third-order valence-electron chi connectivity index (χ3n) is 3.75. The fourth-order valence-corrected chi connectivity index (χ4v) is 3.26. The third kappa shape index (κ3) is 3.27. The van der Waals surface area contributed by atoms with Gasteiger partial charge in [-0.1, -0.05) is 20.8 Å². The van der Waals surface area contributed by atoms with Gasteiger partial charge in [0.05, 0.1) is 5.60 Å². The molecule has 1 fully saturated rings. The van der Waals surface area contributed by atoms with Crippen molar-refractivity contribution in [2.24, 2.45) is 23.7 Å². The van der Waals surface area contributed by atoms with Crippen LogP contribution < -0.4 is 0 Å². The predicted octanol–water partition coefficient (Wildman–Crippen LogP) is 3.47. The van der Waals surface area contributed by atoms with E-state index in [4.69, 9.17) is 0 Å². The summed E-state index contributed by atoms with van der Waals surface area (Å²) in [6.45, 7) is 10.9. The zero-order valence-electron chi connectivity index (χ0n) is 10.4. The summed E-state index contributed by atoms with van der Waals surface area (Å²) < 4.78 is 0. The molecule has 84 valence electrons. The molecule has 14 heavy (non-hydrogen) atoms. The van der Waals surface area contributed by atoms with Gasteiger partial charge in [-0.3, -0.25) is 0 Å². The molecule has 0 heterocycles. The molecule has 0 bridgehead atoms. The average molecular weight is 198 g/mol. The zero-order valence-corrected chi connectivity index (χ0v) is 10.4. The van der Waals surface area contributed by atoms with Crippen LogP contribution in [0.5, 0.6) is 0 Å². The van der Waals surface area contributed by atoms with Gasteiger partial charge in [-0.05, 0) is 56.8 Å². The third-order valence-corrected chi connectivity index (χ3v) is 3.75. The van der Waals surface area contributed by atoms with Crippen LogP contribution in [0.15, 0.2) is 0 Å². The molecule has 1 rings (SSSR count). The molecule has 1 saturated carbocycles. The highest BCUT2D eigenvalue weighted by Gasteiger charge is 2.34. The Morgan fingerprint density at radius 1 is 1.07 bits per heavy atom. The Labute approximate surface area is 88.9 Å². The molecule has 0 aliphatic heterocycles. The van der Waals surface area contributed by atoms with E-state index in [9.17, 15) is 5.11 Å². The Morgan fingerprint density at radius 3 is 1.86 bits per heavy atom. The van der Waals surface area contributed by atoms with Gasteiger partial charge in [0.25, 0.3) is 0 Å². The lowest BCUT2D eigenvalue weighted by molar-refractivity contribution is 0.0103. The van der Waals surface area contributed by atoms with Crippen molar-refractivity contribution in [2.75, 3.05) is 0 Å². The van der Waals surface area contributed by atoms with Gasteiger partial charge in [0.2, 0.25) is 0 Å². The van der Waals surface area contributed by atoms with Crippen molar-refractivity contribution in [1.29, 1.82) is 0 Å². The van der Waals surface area contributed by atoms with Crippen molar-refractivity contribution in [3.8, 4) is 0 Å². The van der Waals surface area contributed by atoms with Crippen LogP contribution in [0.1, 0.15) is 53.9 Å². The lowest BCUT2D eigenvalue weighted by Crippen LogP contribution is -2.34. The topological polar surface area (TPSA) is 20.2 Å². The van der Waals surface area contributed by atoms with E-state index >= 15 is 0 Å². The normalized spacial score (nSPS) is 39.9. The molecule has 0 radical (unpaired) electrons. The summed E-state index contributed by atoms with van der Waals surface area (Å²) in [5.41, 5.74) is -0.492. The van der Waals surface area contributed by atoms with E-state index in [0.717, 1.165) is 24.2 Å². The van der Waals surface area contributed by atoms with Crippen molar-refractivity contribution < 1.29 is 5.11 Å². The number of aliphatic hydroxyl groups is 1. The average Bonchev–Trinajstić information content (AvgIpc) is 1.95. The van der Waals surface area contributed by atoms with Crippen LogP contribution >= 0.6 is 0 Å². The molecule has 0 aromatic heterocycles. The van der Waals surface area contributed by atoms with E-state index in [1.807, 2.05) is 13.8 Å². The lowest BCUT2D eigenvalue weighted by atomic mass is 9.66. The van der Waals surface area contributed by atoms with Crippen molar-refractivity contribution in [2.45, 2.75) is 59.5 Å². The quantitative estimate of drug-likeness (QED) is 0.720. The van der Waals surface area contributed by atoms with Crippen molar-refractivity contribution >= 4 is 0 Å². The Morgan fingerprint density at radius 2 is 1.50 bits per heavy atom. The van der Waals surface area contributed by atoms with Gasteiger partial charge in [0, 0.05) is 0 Å². The van der Waals surface area contributed by atoms with E-state index in [1.165, 1.54) is 12.8 Å². The fourth-order valence-electron chi connectivity index (χ4n) is 3.26. The maximum Gasteiger partial charge on any atom is 0.0594 e.